The number of thioether (sulfide) groups is 1. The summed E-state index contributed by atoms with van der Waals surface area (Å²) in [5, 5.41) is 8.10. The highest BCUT2D eigenvalue weighted by atomic mass is 32.2. The zero-order valence-corrected chi connectivity index (χ0v) is 18.3. The Labute approximate surface area is 184 Å². The SMILES string of the molecule is Cc1cc(-c2cnc(C)nc2C2CCC(CNC(=O)C[C@H]3SC(=O)NC3=O)CC2)on1. The lowest BCUT2D eigenvalue weighted by atomic mass is 9.79. The Morgan fingerprint density at radius 2 is 2.03 bits per heavy atom. The molecular formula is C21H25N5O4S. The summed E-state index contributed by atoms with van der Waals surface area (Å²) in [5.41, 5.74) is 2.71. The summed E-state index contributed by atoms with van der Waals surface area (Å²) in [5.74, 6) is 1.53. The molecule has 164 valence electrons. The fourth-order valence-electron chi connectivity index (χ4n) is 4.15. The number of aryl methyl sites for hydroxylation is 2. The Bertz CT molecular complexity index is 999. The topological polar surface area (TPSA) is 127 Å². The van der Waals surface area contributed by atoms with Crippen LogP contribution < -0.4 is 10.6 Å². The normalized spacial score (nSPS) is 23.6. The number of amides is 3. The Balaban J connectivity index is 1.31. The van der Waals surface area contributed by atoms with Gasteiger partial charge in [0, 0.05) is 31.1 Å². The molecule has 31 heavy (non-hydrogen) atoms. The van der Waals surface area contributed by atoms with Crippen LogP contribution in [-0.2, 0) is 9.59 Å². The molecule has 2 aromatic rings. The first-order valence-electron chi connectivity index (χ1n) is 10.4. The molecule has 3 heterocycles. The molecule has 1 aliphatic carbocycles. The van der Waals surface area contributed by atoms with Crippen molar-refractivity contribution >= 4 is 28.8 Å². The summed E-state index contributed by atoms with van der Waals surface area (Å²) in [6.45, 7) is 4.35. The molecule has 0 bridgehead atoms. The van der Waals surface area contributed by atoms with Crippen LogP contribution >= 0.6 is 11.8 Å². The van der Waals surface area contributed by atoms with Gasteiger partial charge in [-0.2, -0.15) is 0 Å². The van der Waals surface area contributed by atoms with Crippen LogP contribution in [0.15, 0.2) is 16.8 Å². The number of hydrogen-bond donors (Lipinski definition) is 2. The maximum atomic E-state index is 12.2. The molecule has 0 spiro atoms. The molecule has 2 aliphatic rings. The van der Waals surface area contributed by atoms with Crippen LogP contribution in [-0.4, -0.2) is 44.0 Å². The van der Waals surface area contributed by atoms with Crippen LogP contribution in [0.4, 0.5) is 4.79 Å². The third kappa shape index (κ3) is 5.12. The van der Waals surface area contributed by atoms with Crippen molar-refractivity contribution < 1.29 is 18.9 Å². The van der Waals surface area contributed by atoms with Gasteiger partial charge in [0.2, 0.25) is 11.8 Å². The number of carbonyl (C=O) groups is 3. The maximum absolute atomic E-state index is 12.2. The quantitative estimate of drug-likeness (QED) is 0.698. The summed E-state index contributed by atoms with van der Waals surface area (Å²) in [6, 6.07) is 1.90. The minimum atomic E-state index is -0.623. The average molecular weight is 444 g/mol. The van der Waals surface area contributed by atoms with Crippen molar-refractivity contribution in [3.63, 3.8) is 0 Å². The minimum Gasteiger partial charge on any atom is -0.356 e. The lowest BCUT2D eigenvalue weighted by molar-refractivity contribution is -0.125. The average Bonchev–Trinajstić information content (AvgIpc) is 3.31. The number of nitrogens with zero attached hydrogens (tertiary/aromatic N) is 3. The smallest absolute Gasteiger partial charge is 0.286 e. The zero-order valence-electron chi connectivity index (χ0n) is 17.5. The number of hydrogen-bond acceptors (Lipinski definition) is 8. The number of nitrogens with one attached hydrogen (secondary N) is 2. The van der Waals surface area contributed by atoms with E-state index in [0.717, 1.165) is 60.2 Å². The summed E-state index contributed by atoms with van der Waals surface area (Å²) in [7, 11) is 0. The van der Waals surface area contributed by atoms with Crippen LogP contribution in [0.25, 0.3) is 11.3 Å². The predicted molar refractivity (Wildman–Crippen MR) is 114 cm³/mol. The molecule has 0 unspecified atom stereocenters. The lowest BCUT2D eigenvalue weighted by Crippen LogP contribution is -2.34. The van der Waals surface area contributed by atoms with Crippen molar-refractivity contribution in [2.24, 2.45) is 5.92 Å². The molecule has 3 amide bonds. The van der Waals surface area contributed by atoms with E-state index in [9.17, 15) is 14.4 Å². The van der Waals surface area contributed by atoms with Crippen molar-refractivity contribution in [1.29, 1.82) is 0 Å². The van der Waals surface area contributed by atoms with Gasteiger partial charge in [0.25, 0.3) is 5.24 Å². The zero-order chi connectivity index (χ0) is 22.0. The Hall–Kier alpha value is -2.75. The largest absolute Gasteiger partial charge is 0.356 e. The minimum absolute atomic E-state index is 0.0256. The van der Waals surface area contributed by atoms with Gasteiger partial charge in [-0.05, 0) is 45.4 Å². The van der Waals surface area contributed by atoms with Gasteiger partial charge in [-0.15, -0.1) is 0 Å². The fourth-order valence-corrected chi connectivity index (χ4v) is 4.96. The third-order valence-corrected chi connectivity index (χ3v) is 6.77. The van der Waals surface area contributed by atoms with E-state index >= 15 is 0 Å². The van der Waals surface area contributed by atoms with E-state index in [1.165, 1.54) is 0 Å². The van der Waals surface area contributed by atoms with E-state index in [4.69, 9.17) is 9.51 Å². The Morgan fingerprint density at radius 3 is 2.68 bits per heavy atom. The second-order valence-corrected chi connectivity index (χ2v) is 9.33. The van der Waals surface area contributed by atoms with Gasteiger partial charge >= 0.3 is 0 Å². The highest BCUT2D eigenvalue weighted by molar-refractivity contribution is 8.15. The molecule has 2 aromatic heterocycles. The van der Waals surface area contributed by atoms with Gasteiger partial charge in [0.05, 0.1) is 17.0 Å². The van der Waals surface area contributed by atoms with Crippen molar-refractivity contribution in [2.75, 3.05) is 6.54 Å². The Kier molecular flexibility index (Phi) is 6.35. The molecule has 2 fully saturated rings. The van der Waals surface area contributed by atoms with Crippen molar-refractivity contribution in [3.05, 3.63) is 29.5 Å². The molecule has 0 radical (unpaired) electrons. The summed E-state index contributed by atoms with van der Waals surface area (Å²) < 4.78 is 5.45. The van der Waals surface area contributed by atoms with Gasteiger partial charge in [-0.3, -0.25) is 19.7 Å². The van der Waals surface area contributed by atoms with E-state index in [2.05, 4.69) is 20.8 Å². The van der Waals surface area contributed by atoms with E-state index < -0.39 is 5.25 Å². The van der Waals surface area contributed by atoms with Crippen LogP contribution in [0.3, 0.4) is 0 Å². The summed E-state index contributed by atoms with van der Waals surface area (Å²) in [6.07, 6.45) is 5.71. The number of rotatable bonds is 6. The van der Waals surface area contributed by atoms with Gasteiger partial charge in [-0.25, -0.2) is 9.97 Å². The van der Waals surface area contributed by atoms with E-state index in [1.807, 2.05) is 26.1 Å². The van der Waals surface area contributed by atoms with E-state index in [1.54, 1.807) is 0 Å². The van der Waals surface area contributed by atoms with Crippen LogP contribution in [0.1, 0.15) is 55.2 Å². The maximum Gasteiger partial charge on any atom is 0.286 e. The molecule has 2 N–H and O–H groups in total. The number of carbonyl (C=O) groups excluding carboxylic acids is 3. The van der Waals surface area contributed by atoms with Gasteiger partial charge in [-0.1, -0.05) is 16.9 Å². The molecule has 9 nitrogen and oxygen atoms in total. The van der Waals surface area contributed by atoms with Crippen LogP contribution in [0, 0.1) is 19.8 Å². The van der Waals surface area contributed by atoms with Crippen molar-refractivity contribution in [2.45, 2.75) is 57.1 Å². The molecular weight excluding hydrogens is 418 g/mol. The first-order valence-corrected chi connectivity index (χ1v) is 11.3. The monoisotopic (exact) mass is 443 g/mol. The molecule has 1 saturated heterocycles. The molecule has 1 saturated carbocycles. The highest BCUT2D eigenvalue weighted by Gasteiger charge is 2.33. The molecule has 4 rings (SSSR count). The van der Waals surface area contributed by atoms with Crippen molar-refractivity contribution in [1.82, 2.24) is 25.8 Å². The van der Waals surface area contributed by atoms with E-state index in [0.29, 0.717) is 24.1 Å². The number of aromatic nitrogens is 3. The highest BCUT2D eigenvalue weighted by Crippen LogP contribution is 2.39. The lowest BCUT2D eigenvalue weighted by Gasteiger charge is -2.29. The van der Waals surface area contributed by atoms with Gasteiger partial charge < -0.3 is 9.84 Å². The van der Waals surface area contributed by atoms with E-state index in [-0.39, 0.29) is 23.5 Å². The predicted octanol–water partition coefficient (Wildman–Crippen LogP) is 2.88. The first-order chi connectivity index (χ1) is 14.9. The molecule has 1 aliphatic heterocycles. The summed E-state index contributed by atoms with van der Waals surface area (Å²) in [4.78, 5) is 44.0. The molecule has 0 aromatic carbocycles. The van der Waals surface area contributed by atoms with Crippen LogP contribution in [0.5, 0.6) is 0 Å². The molecule has 1 atom stereocenters. The fraction of sp³-hybridized carbons (Fsp3) is 0.524. The van der Waals surface area contributed by atoms with Crippen LogP contribution in [0.2, 0.25) is 0 Å². The standard InChI is InChI=1S/C21H25N5O4S/c1-11-7-16(30-26-11)15-10-22-12(2)24-19(15)14-5-3-13(4-6-14)9-23-18(27)8-17-20(28)25-21(29)31-17/h7,10,13-14,17H,3-6,8-9H2,1-2H3,(H,23,27)(H,25,28,29)/t13?,14?,17-/m1/s1. The van der Waals surface area contributed by atoms with Gasteiger partial charge in [0.1, 0.15) is 11.1 Å². The van der Waals surface area contributed by atoms with Crippen molar-refractivity contribution in [3.8, 4) is 11.3 Å². The second kappa shape index (κ2) is 9.17. The van der Waals surface area contributed by atoms with Gasteiger partial charge in [0.15, 0.2) is 5.76 Å². The Morgan fingerprint density at radius 1 is 1.26 bits per heavy atom. The second-order valence-electron chi connectivity index (χ2n) is 8.16. The number of imide groups is 1. The summed E-state index contributed by atoms with van der Waals surface area (Å²) >= 11 is 0.879. The molecule has 10 heteroatoms. The first kappa shape index (κ1) is 21.5. The third-order valence-electron chi connectivity index (χ3n) is 5.79.